The molecule has 7 nitrogen and oxygen atoms in total. The van der Waals surface area contributed by atoms with E-state index in [0.29, 0.717) is 29.8 Å². The Morgan fingerprint density at radius 2 is 2.00 bits per heavy atom. The smallest absolute Gasteiger partial charge is 0.216 e. The van der Waals surface area contributed by atoms with E-state index >= 15 is 0 Å². The van der Waals surface area contributed by atoms with Crippen molar-refractivity contribution in [2.24, 2.45) is 0 Å². The van der Waals surface area contributed by atoms with Gasteiger partial charge in [-0.05, 0) is 0 Å². The van der Waals surface area contributed by atoms with Gasteiger partial charge in [0, 0.05) is 26.3 Å². The zero-order valence-electron chi connectivity index (χ0n) is 11.0. The third-order valence-electron chi connectivity index (χ3n) is 2.41. The van der Waals surface area contributed by atoms with E-state index < -0.39 is 0 Å². The maximum atomic E-state index is 5.09. The molecule has 100 valence electrons. The van der Waals surface area contributed by atoms with Gasteiger partial charge in [-0.15, -0.1) is 0 Å². The third kappa shape index (κ3) is 3.14. The lowest BCUT2D eigenvalue weighted by Gasteiger charge is -2.07. The van der Waals surface area contributed by atoms with Crippen LogP contribution in [-0.2, 0) is 11.3 Å². The molecular formula is C12H15N5O2. The van der Waals surface area contributed by atoms with Crippen molar-refractivity contribution in [1.29, 1.82) is 0 Å². The molecule has 0 saturated carbocycles. The Balaban J connectivity index is 2.44. The first-order valence-electron chi connectivity index (χ1n) is 5.68. The summed E-state index contributed by atoms with van der Waals surface area (Å²) in [6.45, 7) is 0.409. The lowest BCUT2D eigenvalue weighted by molar-refractivity contribution is 0.181. The van der Waals surface area contributed by atoms with Crippen LogP contribution in [0.25, 0.3) is 11.5 Å². The molecule has 0 fully saturated rings. The summed E-state index contributed by atoms with van der Waals surface area (Å²) in [5.74, 6) is 1.67. The van der Waals surface area contributed by atoms with Gasteiger partial charge >= 0.3 is 0 Å². The van der Waals surface area contributed by atoms with E-state index in [-0.39, 0.29) is 0 Å². The second-order valence-corrected chi connectivity index (χ2v) is 3.70. The van der Waals surface area contributed by atoms with Gasteiger partial charge in [0.2, 0.25) is 5.88 Å². The summed E-state index contributed by atoms with van der Waals surface area (Å²) in [7, 11) is 4.96. The summed E-state index contributed by atoms with van der Waals surface area (Å²) in [5, 5.41) is 2.98. The number of nitrogens with one attached hydrogen (secondary N) is 1. The average Bonchev–Trinajstić information content (AvgIpc) is 2.47. The van der Waals surface area contributed by atoms with E-state index in [1.165, 1.54) is 6.33 Å². The minimum atomic E-state index is 0.409. The highest BCUT2D eigenvalue weighted by molar-refractivity contribution is 5.53. The highest BCUT2D eigenvalue weighted by Crippen LogP contribution is 2.18. The minimum absolute atomic E-state index is 0.409. The molecule has 0 saturated heterocycles. The van der Waals surface area contributed by atoms with Gasteiger partial charge in [-0.2, -0.15) is 0 Å². The van der Waals surface area contributed by atoms with Crippen molar-refractivity contribution in [2.75, 3.05) is 26.6 Å². The Kier molecular flexibility index (Phi) is 4.19. The molecule has 0 unspecified atom stereocenters. The summed E-state index contributed by atoms with van der Waals surface area (Å²) < 4.78 is 10.2. The first kappa shape index (κ1) is 13.2. The highest BCUT2D eigenvalue weighted by Gasteiger charge is 2.09. The van der Waals surface area contributed by atoms with E-state index in [1.807, 2.05) is 6.07 Å². The largest absolute Gasteiger partial charge is 0.481 e. The quantitative estimate of drug-likeness (QED) is 0.863. The van der Waals surface area contributed by atoms with Gasteiger partial charge in [0.1, 0.15) is 17.8 Å². The zero-order valence-corrected chi connectivity index (χ0v) is 11.0. The average molecular weight is 261 g/mol. The Hall–Kier alpha value is -2.28. The van der Waals surface area contributed by atoms with Gasteiger partial charge in [-0.25, -0.2) is 19.9 Å². The fourth-order valence-corrected chi connectivity index (χ4v) is 1.54. The molecule has 0 aliphatic heterocycles. The molecule has 2 heterocycles. The molecule has 0 atom stereocenters. The SMILES string of the molecule is CNc1cc(COC)nc(-c2cc(OC)ncn2)n1. The second-order valence-electron chi connectivity index (χ2n) is 3.70. The second kappa shape index (κ2) is 6.05. The molecule has 7 heteroatoms. The monoisotopic (exact) mass is 261 g/mol. The van der Waals surface area contributed by atoms with Gasteiger partial charge in [-0.3, -0.25) is 0 Å². The first-order chi connectivity index (χ1) is 9.26. The van der Waals surface area contributed by atoms with Crippen LogP contribution in [0.2, 0.25) is 0 Å². The highest BCUT2D eigenvalue weighted by atomic mass is 16.5. The van der Waals surface area contributed by atoms with Gasteiger partial charge in [0.25, 0.3) is 0 Å². The lowest BCUT2D eigenvalue weighted by atomic mass is 10.3. The number of nitrogens with zero attached hydrogens (tertiary/aromatic N) is 4. The van der Waals surface area contributed by atoms with E-state index in [2.05, 4.69) is 25.3 Å². The van der Waals surface area contributed by atoms with E-state index in [1.54, 1.807) is 27.3 Å². The van der Waals surface area contributed by atoms with Crippen molar-refractivity contribution in [3.05, 3.63) is 24.2 Å². The van der Waals surface area contributed by atoms with Crippen molar-refractivity contribution < 1.29 is 9.47 Å². The molecule has 0 bridgehead atoms. The van der Waals surface area contributed by atoms with Crippen molar-refractivity contribution in [3.63, 3.8) is 0 Å². The van der Waals surface area contributed by atoms with Crippen LogP contribution in [0.3, 0.4) is 0 Å². The summed E-state index contributed by atoms with van der Waals surface area (Å²) in [6.07, 6.45) is 1.42. The molecule has 1 N–H and O–H groups in total. The lowest BCUT2D eigenvalue weighted by Crippen LogP contribution is -2.03. The summed E-state index contributed by atoms with van der Waals surface area (Å²) in [5.41, 5.74) is 1.37. The molecule has 2 aromatic rings. The first-order valence-corrected chi connectivity index (χ1v) is 5.68. The van der Waals surface area contributed by atoms with Gasteiger partial charge in [0.15, 0.2) is 5.82 Å². The molecule has 2 aromatic heterocycles. The summed E-state index contributed by atoms with van der Waals surface area (Å²) >= 11 is 0. The minimum Gasteiger partial charge on any atom is -0.481 e. The third-order valence-corrected chi connectivity index (χ3v) is 2.41. The number of ether oxygens (including phenoxy) is 2. The maximum absolute atomic E-state index is 5.09. The molecule has 2 rings (SSSR count). The fraction of sp³-hybridized carbons (Fsp3) is 0.333. The van der Waals surface area contributed by atoms with E-state index in [4.69, 9.17) is 9.47 Å². The van der Waals surface area contributed by atoms with Crippen molar-refractivity contribution >= 4 is 5.82 Å². The standard InChI is InChI=1S/C12H15N5O2/c1-13-10-4-8(6-18-2)16-12(17-10)9-5-11(19-3)15-7-14-9/h4-5,7H,6H2,1-3H3,(H,13,16,17). The van der Waals surface area contributed by atoms with Crippen LogP contribution in [0.4, 0.5) is 5.82 Å². The number of hydrogen-bond donors (Lipinski definition) is 1. The Labute approximate surface area is 111 Å². The molecule has 0 aromatic carbocycles. The van der Waals surface area contributed by atoms with Gasteiger partial charge in [0.05, 0.1) is 19.4 Å². The number of hydrogen-bond acceptors (Lipinski definition) is 7. The van der Waals surface area contributed by atoms with Crippen molar-refractivity contribution in [1.82, 2.24) is 19.9 Å². The summed E-state index contributed by atoms with van der Waals surface area (Å²) in [6, 6.07) is 3.51. The van der Waals surface area contributed by atoms with Crippen LogP contribution in [0.1, 0.15) is 5.69 Å². The number of rotatable bonds is 5. The Morgan fingerprint density at radius 3 is 2.68 bits per heavy atom. The van der Waals surface area contributed by atoms with Crippen LogP contribution in [0, 0.1) is 0 Å². The normalized spacial score (nSPS) is 10.3. The molecule has 0 radical (unpaired) electrons. The molecule has 0 aliphatic carbocycles. The number of anilines is 1. The van der Waals surface area contributed by atoms with Crippen LogP contribution in [0.5, 0.6) is 5.88 Å². The predicted molar refractivity (Wildman–Crippen MR) is 69.9 cm³/mol. The molecular weight excluding hydrogens is 246 g/mol. The van der Waals surface area contributed by atoms with Gasteiger partial charge < -0.3 is 14.8 Å². The Morgan fingerprint density at radius 1 is 1.16 bits per heavy atom. The Bertz CT molecular complexity index is 562. The van der Waals surface area contributed by atoms with Crippen molar-refractivity contribution in [3.8, 4) is 17.4 Å². The van der Waals surface area contributed by atoms with Crippen molar-refractivity contribution in [2.45, 2.75) is 6.61 Å². The molecule has 0 spiro atoms. The molecule has 0 aliphatic rings. The van der Waals surface area contributed by atoms with E-state index in [9.17, 15) is 0 Å². The maximum Gasteiger partial charge on any atom is 0.216 e. The molecule has 0 amide bonds. The van der Waals surface area contributed by atoms with Crippen LogP contribution in [-0.4, -0.2) is 41.2 Å². The topological polar surface area (TPSA) is 82.0 Å². The van der Waals surface area contributed by atoms with Crippen LogP contribution in [0.15, 0.2) is 18.5 Å². The van der Waals surface area contributed by atoms with Gasteiger partial charge in [-0.1, -0.05) is 0 Å². The predicted octanol–water partition coefficient (Wildman–Crippen LogP) is 1.13. The van der Waals surface area contributed by atoms with E-state index in [0.717, 1.165) is 5.69 Å². The molecule has 19 heavy (non-hydrogen) atoms. The zero-order chi connectivity index (χ0) is 13.7. The fourth-order valence-electron chi connectivity index (χ4n) is 1.54. The number of aromatic nitrogens is 4. The van der Waals surface area contributed by atoms with Crippen LogP contribution < -0.4 is 10.1 Å². The summed E-state index contributed by atoms with van der Waals surface area (Å²) in [4.78, 5) is 16.9. The van der Waals surface area contributed by atoms with Crippen LogP contribution >= 0.6 is 0 Å². The number of methoxy groups -OCH3 is 2.